The SMILES string of the molecule is CCNc1cc2ncnc(NCCc3ccncc3)c2cc1[N+](=O)[O-]. The summed E-state index contributed by atoms with van der Waals surface area (Å²) < 4.78 is 0. The molecule has 25 heavy (non-hydrogen) atoms. The molecular weight excluding hydrogens is 320 g/mol. The van der Waals surface area contributed by atoms with Gasteiger partial charge < -0.3 is 10.6 Å². The van der Waals surface area contributed by atoms with Gasteiger partial charge in [-0.05, 0) is 37.1 Å². The third-order valence-electron chi connectivity index (χ3n) is 3.77. The lowest BCUT2D eigenvalue weighted by Gasteiger charge is -2.10. The van der Waals surface area contributed by atoms with Gasteiger partial charge in [0, 0.05) is 36.9 Å². The topological polar surface area (TPSA) is 106 Å². The van der Waals surface area contributed by atoms with Crippen LogP contribution >= 0.6 is 0 Å². The number of nitro groups is 1. The molecule has 3 aromatic rings. The molecule has 1 aromatic carbocycles. The van der Waals surface area contributed by atoms with E-state index < -0.39 is 4.92 Å². The summed E-state index contributed by atoms with van der Waals surface area (Å²) in [6, 6.07) is 7.11. The number of hydrogen-bond donors (Lipinski definition) is 2. The monoisotopic (exact) mass is 338 g/mol. The lowest BCUT2D eigenvalue weighted by Crippen LogP contribution is -2.08. The first-order chi connectivity index (χ1) is 12.2. The van der Waals surface area contributed by atoms with Crippen molar-refractivity contribution in [2.75, 3.05) is 23.7 Å². The Morgan fingerprint density at radius 3 is 2.68 bits per heavy atom. The molecule has 0 aliphatic heterocycles. The molecule has 0 fully saturated rings. The van der Waals surface area contributed by atoms with Gasteiger partial charge in [0.25, 0.3) is 5.69 Å². The van der Waals surface area contributed by atoms with Gasteiger partial charge in [-0.2, -0.15) is 0 Å². The molecule has 2 aromatic heterocycles. The number of aromatic nitrogens is 3. The lowest BCUT2D eigenvalue weighted by molar-refractivity contribution is -0.383. The number of nitro benzene ring substituents is 1. The van der Waals surface area contributed by atoms with Crippen molar-refractivity contribution in [3.8, 4) is 0 Å². The molecule has 2 N–H and O–H groups in total. The summed E-state index contributed by atoms with van der Waals surface area (Å²) >= 11 is 0. The Morgan fingerprint density at radius 1 is 1.16 bits per heavy atom. The Labute approximate surface area is 144 Å². The van der Waals surface area contributed by atoms with Crippen molar-refractivity contribution in [3.05, 3.63) is 58.7 Å². The van der Waals surface area contributed by atoms with Gasteiger partial charge in [-0.1, -0.05) is 0 Å². The van der Waals surface area contributed by atoms with Crippen molar-refractivity contribution in [1.82, 2.24) is 15.0 Å². The van der Waals surface area contributed by atoms with Crippen molar-refractivity contribution in [2.45, 2.75) is 13.3 Å². The Balaban J connectivity index is 1.87. The first-order valence-corrected chi connectivity index (χ1v) is 7.99. The van der Waals surface area contributed by atoms with Gasteiger partial charge >= 0.3 is 0 Å². The van der Waals surface area contributed by atoms with Gasteiger partial charge in [0.2, 0.25) is 0 Å². The van der Waals surface area contributed by atoms with E-state index in [1.165, 1.54) is 12.4 Å². The van der Waals surface area contributed by atoms with E-state index in [0.29, 0.717) is 35.5 Å². The van der Waals surface area contributed by atoms with Crippen molar-refractivity contribution in [1.29, 1.82) is 0 Å². The Bertz CT molecular complexity index is 885. The van der Waals surface area contributed by atoms with Gasteiger partial charge in [-0.3, -0.25) is 15.1 Å². The van der Waals surface area contributed by atoms with E-state index in [0.717, 1.165) is 12.0 Å². The second-order valence-electron chi connectivity index (χ2n) is 5.43. The maximum atomic E-state index is 11.3. The highest BCUT2D eigenvalue weighted by molar-refractivity contribution is 5.94. The summed E-state index contributed by atoms with van der Waals surface area (Å²) in [7, 11) is 0. The molecule has 0 aliphatic carbocycles. The highest BCUT2D eigenvalue weighted by Gasteiger charge is 2.17. The van der Waals surface area contributed by atoms with Crippen molar-refractivity contribution in [3.63, 3.8) is 0 Å². The highest BCUT2D eigenvalue weighted by atomic mass is 16.6. The quantitative estimate of drug-likeness (QED) is 0.504. The van der Waals surface area contributed by atoms with Crippen molar-refractivity contribution >= 4 is 28.1 Å². The number of pyridine rings is 1. The zero-order valence-corrected chi connectivity index (χ0v) is 13.8. The van der Waals surface area contributed by atoms with Crippen LogP contribution in [0.15, 0.2) is 43.0 Å². The summed E-state index contributed by atoms with van der Waals surface area (Å²) in [4.78, 5) is 23.4. The number of benzene rings is 1. The molecule has 0 saturated carbocycles. The van der Waals surface area contributed by atoms with E-state index >= 15 is 0 Å². The largest absolute Gasteiger partial charge is 0.380 e. The van der Waals surface area contributed by atoms with Crippen LogP contribution in [0.25, 0.3) is 10.9 Å². The second kappa shape index (κ2) is 7.52. The Kier molecular flexibility index (Phi) is 4.98. The molecule has 0 amide bonds. The van der Waals surface area contributed by atoms with E-state index in [9.17, 15) is 10.1 Å². The van der Waals surface area contributed by atoms with Crippen LogP contribution in [0.5, 0.6) is 0 Å². The lowest BCUT2D eigenvalue weighted by atomic mass is 10.1. The molecular formula is C17H18N6O2. The Morgan fingerprint density at radius 2 is 1.96 bits per heavy atom. The maximum Gasteiger partial charge on any atom is 0.293 e. The molecule has 8 nitrogen and oxygen atoms in total. The third kappa shape index (κ3) is 3.79. The maximum absolute atomic E-state index is 11.3. The summed E-state index contributed by atoms with van der Waals surface area (Å²) in [6.45, 7) is 3.13. The van der Waals surface area contributed by atoms with E-state index in [1.54, 1.807) is 18.5 Å². The van der Waals surface area contributed by atoms with Crippen LogP contribution in [0.4, 0.5) is 17.2 Å². The van der Waals surface area contributed by atoms with Crippen molar-refractivity contribution < 1.29 is 4.92 Å². The van der Waals surface area contributed by atoms with Crippen molar-refractivity contribution in [2.24, 2.45) is 0 Å². The number of hydrogen-bond acceptors (Lipinski definition) is 7. The average molecular weight is 338 g/mol. The molecule has 0 atom stereocenters. The first kappa shape index (κ1) is 16.6. The number of nitrogens with one attached hydrogen (secondary N) is 2. The van der Waals surface area contributed by atoms with Crippen LogP contribution in [0.3, 0.4) is 0 Å². The number of anilines is 2. The van der Waals surface area contributed by atoms with Crippen LogP contribution in [0, 0.1) is 10.1 Å². The van der Waals surface area contributed by atoms with Gasteiger partial charge in [0.1, 0.15) is 17.8 Å². The number of fused-ring (bicyclic) bond motifs is 1. The van der Waals surface area contributed by atoms with Crippen LogP contribution in [0.2, 0.25) is 0 Å². The highest BCUT2D eigenvalue weighted by Crippen LogP contribution is 2.31. The number of nitrogens with zero attached hydrogens (tertiary/aromatic N) is 4. The smallest absolute Gasteiger partial charge is 0.293 e. The van der Waals surface area contributed by atoms with Crippen LogP contribution < -0.4 is 10.6 Å². The molecule has 0 unspecified atom stereocenters. The molecule has 0 bridgehead atoms. The van der Waals surface area contributed by atoms with Gasteiger partial charge in [-0.25, -0.2) is 9.97 Å². The summed E-state index contributed by atoms with van der Waals surface area (Å²) in [5.41, 5.74) is 2.28. The van der Waals surface area contributed by atoms with Gasteiger partial charge in [-0.15, -0.1) is 0 Å². The second-order valence-corrected chi connectivity index (χ2v) is 5.43. The third-order valence-corrected chi connectivity index (χ3v) is 3.77. The minimum absolute atomic E-state index is 0.0151. The summed E-state index contributed by atoms with van der Waals surface area (Å²) in [5.74, 6) is 0.588. The zero-order valence-electron chi connectivity index (χ0n) is 13.8. The molecule has 0 spiro atoms. The summed E-state index contributed by atoms with van der Waals surface area (Å²) in [5, 5.41) is 18.2. The standard InChI is InChI=1S/C17H18N6O2/c1-2-19-15-10-14-13(9-16(15)23(24)25)17(22-11-21-14)20-8-5-12-3-6-18-7-4-12/h3-4,6-7,9-11,19H,2,5,8H2,1H3,(H,20,21,22). The fourth-order valence-corrected chi connectivity index (χ4v) is 2.59. The predicted octanol–water partition coefficient (Wildman–Crippen LogP) is 3.02. The van der Waals surface area contributed by atoms with E-state index in [-0.39, 0.29) is 5.69 Å². The predicted molar refractivity (Wildman–Crippen MR) is 96.8 cm³/mol. The van der Waals surface area contributed by atoms with Gasteiger partial charge in [0.05, 0.1) is 10.4 Å². The van der Waals surface area contributed by atoms with Crippen LogP contribution in [-0.2, 0) is 6.42 Å². The molecule has 8 heteroatoms. The van der Waals surface area contributed by atoms with Crippen LogP contribution in [0.1, 0.15) is 12.5 Å². The molecule has 3 rings (SSSR count). The molecule has 0 aliphatic rings. The van der Waals surface area contributed by atoms with Gasteiger partial charge in [0.15, 0.2) is 0 Å². The summed E-state index contributed by atoms with van der Waals surface area (Å²) in [6.07, 6.45) is 5.76. The molecule has 0 radical (unpaired) electrons. The zero-order chi connectivity index (χ0) is 17.6. The first-order valence-electron chi connectivity index (χ1n) is 7.99. The number of rotatable bonds is 7. The fraction of sp³-hybridized carbons (Fsp3) is 0.235. The molecule has 0 saturated heterocycles. The minimum atomic E-state index is -0.398. The minimum Gasteiger partial charge on any atom is -0.380 e. The average Bonchev–Trinajstić information content (AvgIpc) is 2.62. The normalized spacial score (nSPS) is 10.6. The van der Waals surface area contributed by atoms with E-state index in [4.69, 9.17) is 0 Å². The fourth-order valence-electron chi connectivity index (χ4n) is 2.59. The molecule has 2 heterocycles. The Hall–Kier alpha value is -3.29. The van der Waals surface area contributed by atoms with Crippen LogP contribution in [-0.4, -0.2) is 33.0 Å². The van der Waals surface area contributed by atoms with E-state index in [1.807, 2.05) is 19.1 Å². The van der Waals surface area contributed by atoms with E-state index in [2.05, 4.69) is 25.6 Å². The molecule has 128 valence electrons.